The third-order valence-electron chi connectivity index (χ3n) is 2.03. The van der Waals surface area contributed by atoms with Gasteiger partial charge in [0, 0.05) is 6.42 Å². The van der Waals surface area contributed by atoms with Crippen LogP contribution in [0, 0.1) is 0 Å². The van der Waals surface area contributed by atoms with Crippen LogP contribution in [0.5, 0.6) is 0 Å². The van der Waals surface area contributed by atoms with Crippen LogP contribution in [-0.4, -0.2) is 24.4 Å². The van der Waals surface area contributed by atoms with Crippen molar-refractivity contribution in [3.8, 4) is 0 Å². The maximum Gasteiger partial charge on any atom is 0.309 e. The summed E-state index contributed by atoms with van der Waals surface area (Å²) in [6.45, 7) is 4.32. The fourth-order valence-electron chi connectivity index (χ4n) is 1.44. The lowest BCUT2D eigenvalue weighted by molar-refractivity contribution is -0.145. The first-order chi connectivity index (χ1) is 6.76. The predicted octanol–water partition coefficient (Wildman–Crippen LogP) is 1.88. The number of rotatable bonds is 5. The maximum absolute atomic E-state index is 11.1. The molecule has 0 aliphatic carbocycles. The number of nitrogens with zero attached hydrogens (tertiary/aromatic N) is 1. The summed E-state index contributed by atoms with van der Waals surface area (Å²) in [6.07, 6.45) is 3.00. The Morgan fingerprint density at radius 2 is 2.43 bits per heavy atom. The van der Waals surface area contributed by atoms with E-state index in [9.17, 15) is 4.79 Å². The van der Waals surface area contributed by atoms with E-state index in [1.165, 1.54) is 0 Å². The Morgan fingerprint density at radius 3 is 3.07 bits per heavy atom. The van der Waals surface area contributed by atoms with Gasteiger partial charge in [0.05, 0.1) is 18.7 Å². The van der Waals surface area contributed by atoms with Crippen molar-refractivity contribution in [3.05, 3.63) is 0 Å². The highest BCUT2D eigenvalue weighted by Gasteiger charge is 2.23. The van der Waals surface area contributed by atoms with Gasteiger partial charge in [0.1, 0.15) is 6.10 Å². The van der Waals surface area contributed by atoms with Gasteiger partial charge in [-0.1, -0.05) is 18.5 Å². The first kappa shape index (κ1) is 11.0. The Balaban J connectivity index is 2.21. The minimum atomic E-state index is -0.203. The molecule has 0 amide bonds. The van der Waals surface area contributed by atoms with Gasteiger partial charge in [-0.05, 0) is 13.3 Å². The molecule has 4 nitrogen and oxygen atoms in total. The average molecular weight is 199 g/mol. The third kappa shape index (κ3) is 3.36. The van der Waals surface area contributed by atoms with Gasteiger partial charge >= 0.3 is 5.97 Å². The molecule has 0 bridgehead atoms. The molecular formula is C10H17NO3. The smallest absolute Gasteiger partial charge is 0.309 e. The van der Waals surface area contributed by atoms with Crippen LogP contribution in [0.25, 0.3) is 0 Å². The Bertz CT molecular complexity index is 225. The molecule has 1 atom stereocenters. The maximum atomic E-state index is 11.1. The van der Waals surface area contributed by atoms with Crippen LogP contribution in [0.3, 0.4) is 0 Å². The van der Waals surface area contributed by atoms with Crippen LogP contribution in [-0.2, 0) is 14.4 Å². The van der Waals surface area contributed by atoms with E-state index in [4.69, 9.17) is 9.57 Å². The van der Waals surface area contributed by atoms with E-state index in [0.29, 0.717) is 13.0 Å². The third-order valence-corrected chi connectivity index (χ3v) is 2.03. The summed E-state index contributed by atoms with van der Waals surface area (Å²) in [7, 11) is 0. The molecular weight excluding hydrogens is 182 g/mol. The summed E-state index contributed by atoms with van der Waals surface area (Å²) >= 11 is 0. The quantitative estimate of drug-likeness (QED) is 0.635. The molecule has 0 N–H and O–H groups in total. The second-order valence-corrected chi connectivity index (χ2v) is 3.35. The van der Waals surface area contributed by atoms with Crippen LogP contribution in [0.15, 0.2) is 5.16 Å². The number of esters is 1. The number of ether oxygens (including phenoxy) is 1. The lowest BCUT2D eigenvalue weighted by atomic mass is 10.1. The van der Waals surface area contributed by atoms with Crippen molar-refractivity contribution in [2.75, 3.05) is 6.61 Å². The SMILES string of the molecule is CCCC1=NOC(CC(=O)OCC)C1. The fraction of sp³-hybridized carbons (Fsp3) is 0.800. The Kier molecular flexibility index (Phi) is 4.43. The lowest BCUT2D eigenvalue weighted by Crippen LogP contribution is -2.16. The van der Waals surface area contributed by atoms with Gasteiger partial charge in [0.25, 0.3) is 0 Å². The van der Waals surface area contributed by atoms with E-state index >= 15 is 0 Å². The monoisotopic (exact) mass is 199 g/mol. The Morgan fingerprint density at radius 1 is 1.64 bits per heavy atom. The number of hydrogen-bond acceptors (Lipinski definition) is 4. The van der Waals surface area contributed by atoms with E-state index in [-0.39, 0.29) is 12.1 Å². The molecule has 0 aromatic rings. The van der Waals surface area contributed by atoms with Gasteiger partial charge in [-0.15, -0.1) is 0 Å². The number of carbonyl (C=O) groups is 1. The van der Waals surface area contributed by atoms with Crippen LogP contribution < -0.4 is 0 Å². The molecule has 80 valence electrons. The molecule has 0 aromatic heterocycles. The summed E-state index contributed by atoms with van der Waals surface area (Å²) in [5.41, 5.74) is 1.06. The molecule has 4 heteroatoms. The molecule has 1 unspecified atom stereocenters. The predicted molar refractivity (Wildman–Crippen MR) is 53.1 cm³/mol. The highest BCUT2D eigenvalue weighted by atomic mass is 16.6. The average Bonchev–Trinajstić information content (AvgIpc) is 2.53. The zero-order valence-electron chi connectivity index (χ0n) is 8.78. The van der Waals surface area contributed by atoms with Crippen molar-refractivity contribution in [2.24, 2.45) is 5.16 Å². The van der Waals surface area contributed by atoms with E-state index in [2.05, 4.69) is 12.1 Å². The normalized spacial score (nSPS) is 20.1. The van der Waals surface area contributed by atoms with E-state index in [1.807, 2.05) is 0 Å². The number of oxime groups is 1. The highest BCUT2D eigenvalue weighted by Crippen LogP contribution is 2.16. The largest absolute Gasteiger partial charge is 0.466 e. The summed E-state index contributed by atoms with van der Waals surface area (Å²) in [5, 5.41) is 3.93. The minimum absolute atomic E-state index is 0.101. The molecule has 0 spiro atoms. The van der Waals surface area contributed by atoms with Gasteiger partial charge in [0.2, 0.25) is 0 Å². The lowest BCUT2D eigenvalue weighted by Gasteiger charge is -2.06. The van der Waals surface area contributed by atoms with Crippen molar-refractivity contribution >= 4 is 11.7 Å². The van der Waals surface area contributed by atoms with Crippen molar-refractivity contribution in [3.63, 3.8) is 0 Å². The zero-order chi connectivity index (χ0) is 10.4. The summed E-state index contributed by atoms with van der Waals surface area (Å²) in [4.78, 5) is 16.2. The van der Waals surface area contributed by atoms with Gasteiger partial charge in [-0.3, -0.25) is 4.79 Å². The second-order valence-electron chi connectivity index (χ2n) is 3.35. The van der Waals surface area contributed by atoms with E-state index in [1.54, 1.807) is 6.92 Å². The molecule has 1 aliphatic rings. The van der Waals surface area contributed by atoms with E-state index < -0.39 is 0 Å². The van der Waals surface area contributed by atoms with E-state index in [0.717, 1.165) is 25.0 Å². The molecule has 0 saturated heterocycles. The van der Waals surface area contributed by atoms with Gasteiger partial charge < -0.3 is 9.57 Å². The summed E-state index contributed by atoms with van der Waals surface area (Å²) in [5.74, 6) is -0.203. The van der Waals surface area contributed by atoms with Crippen molar-refractivity contribution in [2.45, 2.75) is 45.6 Å². The van der Waals surface area contributed by atoms with Gasteiger partial charge in [-0.2, -0.15) is 0 Å². The summed E-state index contributed by atoms with van der Waals surface area (Å²) < 4.78 is 4.83. The Labute approximate surface area is 84.3 Å². The minimum Gasteiger partial charge on any atom is -0.466 e. The first-order valence-corrected chi connectivity index (χ1v) is 5.13. The van der Waals surface area contributed by atoms with Crippen molar-refractivity contribution < 1.29 is 14.4 Å². The molecule has 0 aromatic carbocycles. The first-order valence-electron chi connectivity index (χ1n) is 5.13. The topological polar surface area (TPSA) is 47.9 Å². The zero-order valence-corrected chi connectivity index (χ0v) is 8.78. The van der Waals surface area contributed by atoms with Crippen molar-refractivity contribution in [1.82, 2.24) is 0 Å². The molecule has 0 fully saturated rings. The van der Waals surface area contributed by atoms with Crippen molar-refractivity contribution in [1.29, 1.82) is 0 Å². The molecule has 14 heavy (non-hydrogen) atoms. The molecule has 1 heterocycles. The molecule has 0 saturated carbocycles. The van der Waals surface area contributed by atoms with Gasteiger partial charge in [0.15, 0.2) is 0 Å². The molecule has 1 aliphatic heterocycles. The fourth-order valence-corrected chi connectivity index (χ4v) is 1.44. The molecule has 0 radical (unpaired) electrons. The second kappa shape index (κ2) is 5.62. The molecule has 1 rings (SSSR count). The number of hydrogen-bond donors (Lipinski definition) is 0. The van der Waals surface area contributed by atoms with Crippen LogP contribution in [0.1, 0.15) is 39.5 Å². The van der Waals surface area contributed by atoms with Crippen LogP contribution >= 0.6 is 0 Å². The summed E-state index contributed by atoms with van der Waals surface area (Å²) in [6, 6.07) is 0. The van der Waals surface area contributed by atoms with Gasteiger partial charge in [-0.25, -0.2) is 0 Å². The standard InChI is InChI=1S/C10H17NO3/c1-3-5-8-6-9(14-11-8)7-10(12)13-4-2/h9H,3-7H2,1-2H3. The number of carbonyl (C=O) groups excluding carboxylic acids is 1. The van der Waals surface area contributed by atoms with Crippen LogP contribution in [0.4, 0.5) is 0 Å². The Hall–Kier alpha value is -1.06. The highest BCUT2D eigenvalue weighted by molar-refractivity contribution is 5.86. The van der Waals surface area contributed by atoms with Crippen LogP contribution in [0.2, 0.25) is 0 Å².